The number of nitrogens with zero attached hydrogens (tertiary/aromatic N) is 6. The summed E-state index contributed by atoms with van der Waals surface area (Å²) in [5, 5.41) is 13.2. The maximum atomic E-state index is 12.3. The smallest absolute Gasteiger partial charge is 0.263 e. The molecule has 1 aliphatic rings. The normalized spacial score (nSPS) is 16.0. The molecule has 0 saturated carbocycles. The Morgan fingerprint density at radius 3 is 2.92 bits per heavy atom. The molecule has 1 aliphatic heterocycles. The molecule has 1 saturated heterocycles. The fourth-order valence-corrected chi connectivity index (χ4v) is 3.72. The topological polar surface area (TPSA) is 108 Å². The van der Waals surface area contributed by atoms with Crippen molar-refractivity contribution in [3.05, 3.63) is 40.6 Å². The van der Waals surface area contributed by atoms with Crippen LogP contribution >= 0.6 is 0 Å². The van der Waals surface area contributed by atoms with Gasteiger partial charge in [-0.25, -0.2) is 4.98 Å². The minimum atomic E-state index is -0.149. The molecule has 0 radical (unpaired) electrons. The van der Waals surface area contributed by atoms with E-state index < -0.39 is 0 Å². The van der Waals surface area contributed by atoms with Gasteiger partial charge in [0.05, 0.1) is 11.9 Å². The summed E-state index contributed by atoms with van der Waals surface area (Å²) in [5.74, 6) is 0.981. The maximum Gasteiger partial charge on any atom is 0.263 e. The molecule has 9 heteroatoms. The van der Waals surface area contributed by atoms with Crippen LogP contribution in [-0.2, 0) is 7.05 Å². The van der Waals surface area contributed by atoms with Gasteiger partial charge in [-0.2, -0.15) is 15.2 Å². The molecule has 0 amide bonds. The summed E-state index contributed by atoms with van der Waals surface area (Å²) in [6.07, 6.45) is 5.21. The molecule has 5 rings (SSSR count). The van der Waals surface area contributed by atoms with Crippen molar-refractivity contribution in [3.63, 3.8) is 0 Å². The lowest BCUT2D eigenvalue weighted by molar-refractivity contribution is 0.492. The van der Waals surface area contributed by atoms with E-state index in [0.717, 1.165) is 42.7 Å². The molecule has 26 heavy (non-hydrogen) atoms. The number of aromatic amines is 2. The van der Waals surface area contributed by atoms with Crippen molar-refractivity contribution in [2.75, 3.05) is 18.0 Å². The average Bonchev–Trinajstić information content (AvgIpc) is 3.26. The van der Waals surface area contributed by atoms with E-state index in [1.807, 2.05) is 6.07 Å². The number of pyridine rings is 1. The molecule has 1 fully saturated rings. The summed E-state index contributed by atoms with van der Waals surface area (Å²) in [6.45, 7) is 1.62. The lowest BCUT2D eigenvalue weighted by atomic mass is 9.92. The van der Waals surface area contributed by atoms with Crippen molar-refractivity contribution in [2.24, 2.45) is 7.05 Å². The highest BCUT2D eigenvalue weighted by Gasteiger charge is 2.26. The SMILES string of the molecule is Cn1ncc2c(=O)[nH]c(N3CCC(c4n[nH]c5ncccc45)CC3)nc21. The first-order chi connectivity index (χ1) is 12.7. The van der Waals surface area contributed by atoms with Gasteiger partial charge in [0, 0.05) is 37.6 Å². The summed E-state index contributed by atoms with van der Waals surface area (Å²) >= 11 is 0. The molecule has 0 bridgehead atoms. The van der Waals surface area contributed by atoms with E-state index in [1.165, 1.54) is 0 Å². The zero-order valence-electron chi connectivity index (χ0n) is 14.3. The van der Waals surface area contributed by atoms with Crippen LogP contribution in [0.15, 0.2) is 29.3 Å². The molecule has 0 unspecified atom stereocenters. The van der Waals surface area contributed by atoms with Crippen LogP contribution < -0.4 is 10.5 Å². The number of hydrogen-bond acceptors (Lipinski definition) is 6. The van der Waals surface area contributed by atoms with Gasteiger partial charge < -0.3 is 4.90 Å². The number of aryl methyl sites for hydroxylation is 1. The third-order valence-electron chi connectivity index (χ3n) is 5.14. The largest absolute Gasteiger partial charge is 0.342 e. The van der Waals surface area contributed by atoms with Gasteiger partial charge >= 0.3 is 0 Å². The Balaban J connectivity index is 1.40. The summed E-state index contributed by atoms with van der Waals surface area (Å²) in [5.41, 5.74) is 2.37. The summed E-state index contributed by atoms with van der Waals surface area (Å²) < 4.78 is 1.63. The first-order valence-corrected chi connectivity index (χ1v) is 8.66. The third kappa shape index (κ3) is 2.27. The summed E-state index contributed by atoms with van der Waals surface area (Å²) in [4.78, 5) is 26.2. The van der Waals surface area contributed by atoms with Gasteiger partial charge in [-0.1, -0.05) is 0 Å². The average molecular weight is 350 g/mol. The van der Waals surface area contributed by atoms with Crippen LogP contribution in [0.3, 0.4) is 0 Å². The molecule has 132 valence electrons. The number of hydrogen-bond donors (Lipinski definition) is 2. The van der Waals surface area contributed by atoms with Gasteiger partial charge in [-0.05, 0) is 25.0 Å². The lowest BCUT2D eigenvalue weighted by Gasteiger charge is -2.31. The Labute approximate surface area is 148 Å². The number of piperidine rings is 1. The molecule has 2 N–H and O–H groups in total. The minimum absolute atomic E-state index is 0.149. The van der Waals surface area contributed by atoms with Crippen molar-refractivity contribution in [1.82, 2.24) is 34.9 Å². The molecular weight excluding hydrogens is 332 g/mol. The maximum absolute atomic E-state index is 12.3. The van der Waals surface area contributed by atoms with E-state index in [9.17, 15) is 4.79 Å². The number of rotatable bonds is 2. The van der Waals surface area contributed by atoms with Crippen LogP contribution in [0.1, 0.15) is 24.5 Å². The highest BCUT2D eigenvalue weighted by atomic mass is 16.1. The van der Waals surface area contributed by atoms with E-state index in [4.69, 9.17) is 0 Å². The zero-order chi connectivity index (χ0) is 17.7. The highest BCUT2D eigenvalue weighted by molar-refractivity contribution is 5.78. The van der Waals surface area contributed by atoms with Crippen molar-refractivity contribution < 1.29 is 0 Å². The van der Waals surface area contributed by atoms with E-state index in [0.29, 0.717) is 22.9 Å². The minimum Gasteiger partial charge on any atom is -0.342 e. The van der Waals surface area contributed by atoms with Crippen LogP contribution in [0.4, 0.5) is 5.95 Å². The predicted octanol–water partition coefficient (Wildman–Crippen LogP) is 1.31. The molecule has 5 heterocycles. The van der Waals surface area contributed by atoms with Crippen LogP contribution in [-0.4, -0.2) is 48.0 Å². The fourth-order valence-electron chi connectivity index (χ4n) is 3.72. The second-order valence-electron chi connectivity index (χ2n) is 6.66. The summed E-state index contributed by atoms with van der Waals surface area (Å²) in [7, 11) is 1.79. The number of anilines is 1. The number of fused-ring (bicyclic) bond motifs is 2. The molecule has 0 aromatic carbocycles. The highest BCUT2D eigenvalue weighted by Crippen LogP contribution is 2.31. The fraction of sp³-hybridized carbons (Fsp3) is 0.353. The Morgan fingerprint density at radius 2 is 2.08 bits per heavy atom. The zero-order valence-corrected chi connectivity index (χ0v) is 14.3. The van der Waals surface area contributed by atoms with Gasteiger partial charge in [0.15, 0.2) is 11.3 Å². The van der Waals surface area contributed by atoms with Crippen LogP contribution in [0.5, 0.6) is 0 Å². The molecule has 4 aromatic rings. The lowest BCUT2D eigenvalue weighted by Crippen LogP contribution is -2.35. The van der Waals surface area contributed by atoms with Gasteiger partial charge in [-0.15, -0.1) is 0 Å². The quantitative estimate of drug-likeness (QED) is 0.564. The predicted molar refractivity (Wildman–Crippen MR) is 97.2 cm³/mol. The van der Waals surface area contributed by atoms with E-state index in [1.54, 1.807) is 24.1 Å². The number of nitrogens with one attached hydrogen (secondary N) is 2. The standard InChI is InChI=1S/C17H18N8O/c1-24-15-12(9-19-24)16(26)21-17(20-15)25-7-4-10(5-8-25)13-11-3-2-6-18-14(11)23-22-13/h2-3,6,9-10H,4-5,7-8H2,1H3,(H,18,22,23)(H,20,21,26). The number of aromatic nitrogens is 7. The van der Waals surface area contributed by atoms with E-state index in [2.05, 4.69) is 41.2 Å². The van der Waals surface area contributed by atoms with Gasteiger partial charge in [-0.3, -0.25) is 19.6 Å². The number of H-pyrrole nitrogens is 2. The monoisotopic (exact) mass is 350 g/mol. The molecule has 0 aliphatic carbocycles. The summed E-state index contributed by atoms with van der Waals surface area (Å²) in [6, 6.07) is 4.00. The molecule has 4 aromatic heterocycles. The molecular formula is C17H18N8O. The van der Waals surface area contributed by atoms with Crippen molar-refractivity contribution in [1.29, 1.82) is 0 Å². The molecule has 9 nitrogen and oxygen atoms in total. The first kappa shape index (κ1) is 15.1. The van der Waals surface area contributed by atoms with E-state index in [-0.39, 0.29) is 5.56 Å². The second-order valence-corrected chi connectivity index (χ2v) is 6.66. The van der Waals surface area contributed by atoms with Crippen LogP contribution in [0.2, 0.25) is 0 Å². The van der Waals surface area contributed by atoms with Crippen molar-refractivity contribution in [3.8, 4) is 0 Å². The molecule has 0 spiro atoms. The second kappa shape index (κ2) is 5.65. The van der Waals surface area contributed by atoms with Crippen LogP contribution in [0.25, 0.3) is 22.1 Å². The van der Waals surface area contributed by atoms with Crippen molar-refractivity contribution >= 4 is 28.0 Å². The Bertz CT molecular complexity index is 1150. The van der Waals surface area contributed by atoms with Crippen LogP contribution in [0, 0.1) is 0 Å². The van der Waals surface area contributed by atoms with Gasteiger partial charge in [0.1, 0.15) is 5.39 Å². The Hall–Kier alpha value is -3.23. The van der Waals surface area contributed by atoms with Crippen molar-refractivity contribution in [2.45, 2.75) is 18.8 Å². The first-order valence-electron chi connectivity index (χ1n) is 8.66. The Kier molecular flexibility index (Phi) is 3.27. The van der Waals surface area contributed by atoms with E-state index >= 15 is 0 Å². The molecule has 0 atom stereocenters. The Morgan fingerprint density at radius 1 is 1.23 bits per heavy atom. The van der Waals surface area contributed by atoms with Gasteiger partial charge in [0.25, 0.3) is 5.56 Å². The third-order valence-corrected chi connectivity index (χ3v) is 5.14. The van der Waals surface area contributed by atoms with Gasteiger partial charge in [0.2, 0.25) is 5.95 Å².